The van der Waals surface area contributed by atoms with Crippen LogP contribution in [0.1, 0.15) is 62.5 Å². The van der Waals surface area contributed by atoms with Crippen molar-refractivity contribution in [2.75, 3.05) is 32.7 Å². The monoisotopic (exact) mass is 424 g/mol. The lowest BCUT2D eigenvalue weighted by Crippen LogP contribution is -2.41. The fourth-order valence-electron chi connectivity index (χ4n) is 6.71. The second kappa shape index (κ2) is 9.99. The highest BCUT2D eigenvalue weighted by molar-refractivity contribution is 5.79. The third-order valence-electron chi connectivity index (χ3n) is 8.66. The Hall–Kier alpha value is -1.46. The molecule has 5 nitrogen and oxygen atoms in total. The molecule has 2 aliphatic heterocycles. The second-order valence-corrected chi connectivity index (χ2v) is 10.7. The number of piperidine rings is 1. The van der Waals surface area contributed by atoms with E-state index in [2.05, 4.69) is 26.6 Å². The van der Waals surface area contributed by atoms with Crippen LogP contribution >= 0.6 is 0 Å². The highest BCUT2D eigenvalue weighted by atomic mass is 16.2. The predicted octanol–water partition coefficient (Wildman–Crippen LogP) is 3.18. The Morgan fingerprint density at radius 2 is 1.87 bits per heavy atom. The molecule has 2 N–H and O–H groups in total. The van der Waals surface area contributed by atoms with Gasteiger partial charge in [-0.25, -0.2) is 0 Å². The van der Waals surface area contributed by atoms with E-state index in [9.17, 15) is 4.79 Å². The number of rotatable bonds is 6. The van der Waals surface area contributed by atoms with E-state index in [4.69, 9.17) is 0 Å². The van der Waals surface area contributed by atoms with Gasteiger partial charge in [-0.1, -0.05) is 0 Å². The van der Waals surface area contributed by atoms with Gasteiger partial charge in [0.25, 0.3) is 0 Å². The number of aryl methyl sites for hydroxylation is 1. The molecule has 1 aromatic rings. The van der Waals surface area contributed by atoms with Gasteiger partial charge in [-0.05, 0) is 125 Å². The molecule has 1 amide bonds. The first-order valence-corrected chi connectivity index (χ1v) is 12.9. The van der Waals surface area contributed by atoms with Gasteiger partial charge in [-0.3, -0.25) is 9.78 Å². The molecule has 1 saturated carbocycles. The van der Waals surface area contributed by atoms with Gasteiger partial charge in [-0.2, -0.15) is 0 Å². The summed E-state index contributed by atoms with van der Waals surface area (Å²) in [6, 6.07) is 2.56. The summed E-state index contributed by atoms with van der Waals surface area (Å²) in [5.74, 6) is 3.42. The third-order valence-corrected chi connectivity index (χ3v) is 8.66. The third kappa shape index (κ3) is 5.14. The van der Waals surface area contributed by atoms with Crippen molar-refractivity contribution in [2.45, 2.75) is 70.3 Å². The van der Waals surface area contributed by atoms with E-state index in [1.54, 1.807) is 0 Å². The number of nitrogens with one attached hydrogen (secondary N) is 2. The van der Waals surface area contributed by atoms with Gasteiger partial charge in [0.05, 0.1) is 0 Å². The van der Waals surface area contributed by atoms with Crippen molar-refractivity contribution in [3.63, 3.8) is 0 Å². The van der Waals surface area contributed by atoms with E-state index in [1.165, 1.54) is 75.8 Å². The van der Waals surface area contributed by atoms with Crippen molar-refractivity contribution in [3.05, 3.63) is 29.6 Å². The van der Waals surface area contributed by atoms with Crippen molar-refractivity contribution < 1.29 is 4.79 Å². The molecule has 170 valence electrons. The van der Waals surface area contributed by atoms with E-state index >= 15 is 0 Å². The summed E-state index contributed by atoms with van der Waals surface area (Å²) in [7, 11) is 0. The van der Waals surface area contributed by atoms with Gasteiger partial charge >= 0.3 is 0 Å². The highest BCUT2D eigenvalue weighted by Crippen LogP contribution is 2.39. The van der Waals surface area contributed by atoms with E-state index in [0.29, 0.717) is 17.9 Å². The molecule has 3 atom stereocenters. The number of carbonyl (C=O) groups is 1. The van der Waals surface area contributed by atoms with Crippen LogP contribution < -0.4 is 10.6 Å². The lowest BCUT2D eigenvalue weighted by molar-refractivity contribution is -0.129. The molecule has 31 heavy (non-hydrogen) atoms. The Balaban J connectivity index is 1.06. The zero-order valence-electron chi connectivity index (χ0n) is 19.0. The predicted molar refractivity (Wildman–Crippen MR) is 124 cm³/mol. The van der Waals surface area contributed by atoms with Gasteiger partial charge in [0.1, 0.15) is 0 Å². The topological polar surface area (TPSA) is 57.3 Å². The fraction of sp³-hybridized carbons (Fsp3) is 0.769. The number of likely N-dealkylation sites (tertiary alicyclic amines) is 1. The number of amides is 1. The molecule has 5 rings (SSSR count). The van der Waals surface area contributed by atoms with Crippen molar-refractivity contribution in [2.24, 2.45) is 23.7 Å². The quantitative estimate of drug-likeness (QED) is 0.736. The van der Waals surface area contributed by atoms with Gasteiger partial charge in [0, 0.05) is 31.4 Å². The standard InChI is InChI=1S/C26H40N4O/c31-26-13-24(18-30(26)25-8-7-23-17-28-11-9-22(23)12-25)21-5-3-19(4-6-21)14-29-16-20-2-1-10-27-15-20/h9,11,17,19-21,24-25,27,29H,1-8,10,12-16,18H2. The van der Waals surface area contributed by atoms with Crippen LogP contribution in [0.25, 0.3) is 0 Å². The molecule has 0 bridgehead atoms. The normalized spacial score (nSPS) is 34.0. The summed E-state index contributed by atoms with van der Waals surface area (Å²) in [4.78, 5) is 19.4. The smallest absolute Gasteiger partial charge is 0.223 e. The van der Waals surface area contributed by atoms with Crippen LogP contribution in [0.2, 0.25) is 0 Å². The lowest BCUT2D eigenvalue weighted by Gasteiger charge is -2.35. The van der Waals surface area contributed by atoms with Crippen molar-refractivity contribution >= 4 is 5.91 Å². The van der Waals surface area contributed by atoms with Crippen LogP contribution in [0.3, 0.4) is 0 Å². The van der Waals surface area contributed by atoms with Gasteiger partial charge in [0.15, 0.2) is 0 Å². The van der Waals surface area contributed by atoms with E-state index in [0.717, 1.165) is 50.0 Å². The number of aromatic nitrogens is 1. The Labute approximate surface area is 187 Å². The van der Waals surface area contributed by atoms with Crippen molar-refractivity contribution in [1.29, 1.82) is 0 Å². The number of fused-ring (bicyclic) bond motifs is 1. The lowest BCUT2D eigenvalue weighted by atomic mass is 9.75. The summed E-state index contributed by atoms with van der Waals surface area (Å²) in [5, 5.41) is 7.29. The molecule has 0 aromatic carbocycles. The first-order chi connectivity index (χ1) is 15.3. The maximum atomic E-state index is 12.9. The van der Waals surface area contributed by atoms with Crippen LogP contribution in [0.15, 0.2) is 18.5 Å². The average molecular weight is 425 g/mol. The van der Waals surface area contributed by atoms with Crippen LogP contribution in [-0.2, 0) is 17.6 Å². The van der Waals surface area contributed by atoms with E-state index in [1.807, 2.05) is 12.4 Å². The van der Waals surface area contributed by atoms with Crippen LogP contribution in [0, 0.1) is 23.7 Å². The maximum Gasteiger partial charge on any atom is 0.223 e. The number of nitrogens with zero attached hydrogens (tertiary/aromatic N) is 2. The number of hydrogen-bond donors (Lipinski definition) is 2. The molecule has 3 heterocycles. The zero-order valence-corrected chi connectivity index (χ0v) is 19.0. The summed E-state index contributed by atoms with van der Waals surface area (Å²) in [5.41, 5.74) is 2.79. The SMILES string of the molecule is O=C1CC(C2CCC(CNCC3CCCNC3)CC2)CN1C1CCc2cnccc2C1. The Kier molecular flexibility index (Phi) is 6.90. The zero-order chi connectivity index (χ0) is 21.0. The van der Waals surface area contributed by atoms with Crippen LogP contribution in [-0.4, -0.2) is 54.6 Å². The molecular formula is C26H40N4O. The summed E-state index contributed by atoms with van der Waals surface area (Å²) in [6.07, 6.45) is 15.9. The fourth-order valence-corrected chi connectivity index (χ4v) is 6.71. The number of hydrogen-bond acceptors (Lipinski definition) is 4. The van der Waals surface area contributed by atoms with E-state index in [-0.39, 0.29) is 0 Å². The summed E-state index contributed by atoms with van der Waals surface area (Å²) in [6.45, 7) is 5.77. The molecular weight excluding hydrogens is 384 g/mol. The number of pyridine rings is 1. The largest absolute Gasteiger partial charge is 0.339 e. The Morgan fingerprint density at radius 3 is 2.71 bits per heavy atom. The molecule has 5 heteroatoms. The molecule has 2 aliphatic carbocycles. The first-order valence-electron chi connectivity index (χ1n) is 12.9. The average Bonchev–Trinajstić information content (AvgIpc) is 3.21. The van der Waals surface area contributed by atoms with E-state index < -0.39 is 0 Å². The molecule has 4 aliphatic rings. The van der Waals surface area contributed by atoms with Gasteiger partial charge < -0.3 is 15.5 Å². The highest BCUT2D eigenvalue weighted by Gasteiger charge is 2.39. The van der Waals surface area contributed by atoms with Crippen LogP contribution in [0.5, 0.6) is 0 Å². The van der Waals surface area contributed by atoms with Gasteiger partial charge in [0.2, 0.25) is 5.91 Å². The van der Waals surface area contributed by atoms with Crippen LogP contribution in [0.4, 0.5) is 0 Å². The first kappa shape index (κ1) is 21.4. The Bertz CT molecular complexity index is 739. The summed E-state index contributed by atoms with van der Waals surface area (Å²) < 4.78 is 0. The molecule has 0 spiro atoms. The molecule has 0 radical (unpaired) electrons. The summed E-state index contributed by atoms with van der Waals surface area (Å²) >= 11 is 0. The Morgan fingerprint density at radius 1 is 1.00 bits per heavy atom. The van der Waals surface area contributed by atoms with Crippen molar-refractivity contribution in [3.8, 4) is 0 Å². The molecule has 3 unspecified atom stereocenters. The molecule has 1 aromatic heterocycles. The second-order valence-electron chi connectivity index (χ2n) is 10.7. The minimum atomic E-state index is 0.405. The minimum Gasteiger partial charge on any atom is -0.339 e. The molecule has 3 fully saturated rings. The minimum absolute atomic E-state index is 0.405. The maximum absolute atomic E-state index is 12.9. The van der Waals surface area contributed by atoms with Gasteiger partial charge in [-0.15, -0.1) is 0 Å². The number of carbonyl (C=O) groups excluding carboxylic acids is 1. The molecule has 2 saturated heterocycles. The van der Waals surface area contributed by atoms with Crippen molar-refractivity contribution in [1.82, 2.24) is 20.5 Å².